The molecule has 0 fully saturated rings. The molecule has 1 aliphatic rings. The molecule has 2 aromatic carbocycles. The maximum atomic E-state index is 13.5. The van der Waals surface area contributed by atoms with Crippen LogP contribution in [0.1, 0.15) is 11.1 Å². The van der Waals surface area contributed by atoms with Crippen LogP contribution in [0.3, 0.4) is 0 Å². The molecule has 132 valence electrons. The molecular weight excluding hydrogens is 391 g/mol. The van der Waals surface area contributed by atoms with Crippen molar-refractivity contribution in [2.24, 2.45) is 0 Å². The molecule has 7 heteroatoms. The second-order valence-electron chi connectivity index (χ2n) is 5.89. The summed E-state index contributed by atoms with van der Waals surface area (Å²) in [5.74, 6) is 1.01. The largest absolute Gasteiger partial charge is 0.454 e. The van der Waals surface area contributed by atoms with Crippen LogP contribution in [0.2, 0.25) is 0 Å². The number of nitrogens with one attached hydrogen (secondary N) is 1. The van der Waals surface area contributed by atoms with Gasteiger partial charge in [0, 0.05) is 13.1 Å². The van der Waals surface area contributed by atoms with E-state index < -0.39 is 0 Å². The van der Waals surface area contributed by atoms with Crippen molar-refractivity contribution in [3.05, 3.63) is 57.8 Å². The van der Waals surface area contributed by atoms with Crippen molar-refractivity contribution in [2.45, 2.75) is 13.1 Å². The van der Waals surface area contributed by atoms with Gasteiger partial charge in [0.25, 0.3) is 0 Å². The molecule has 0 bridgehead atoms. The Morgan fingerprint density at radius 1 is 1.20 bits per heavy atom. The van der Waals surface area contributed by atoms with E-state index in [9.17, 15) is 9.18 Å². The fraction of sp³-hybridized carbons (Fsp3) is 0.278. The van der Waals surface area contributed by atoms with Crippen molar-refractivity contribution in [1.29, 1.82) is 0 Å². The summed E-state index contributed by atoms with van der Waals surface area (Å²) in [7, 11) is 1.82. The number of halogens is 2. The monoisotopic (exact) mass is 408 g/mol. The molecule has 5 nitrogen and oxygen atoms in total. The maximum Gasteiger partial charge on any atom is 0.234 e. The Labute approximate surface area is 153 Å². The molecule has 25 heavy (non-hydrogen) atoms. The van der Waals surface area contributed by atoms with Crippen LogP contribution in [-0.2, 0) is 17.9 Å². The zero-order valence-corrected chi connectivity index (χ0v) is 15.3. The minimum atomic E-state index is -0.307. The van der Waals surface area contributed by atoms with Crippen molar-refractivity contribution in [2.75, 3.05) is 20.4 Å². The number of nitrogens with zero attached hydrogens (tertiary/aromatic N) is 1. The van der Waals surface area contributed by atoms with E-state index in [0.29, 0.717) is 23.3 Å². The molecule has 0 saturated carbocycles. The van der Waals surface area contributed by atoms with E-state index >= 15 is 0 Å². The van der Waals surface area contributed by atoms with Gasteiger partial charge in [-0.05, 0) is 58.4 Å². The normalized spacial score (nSPS) is 12.5. The van der Waals surface area contributed by atoms with Gasteiger partial charge in [-0.2, -0.15) is 0 Å². The fourth-order valence-electron chi connectivity index (χ4n) is 2.56. The van der Waals surface area contributed by atoms with Crippen LogP contribution in [0, 0.1) is 5.82 Å². The zero-order valence-electron chi connectivity index (χ0n) is 13.7. The highest BCUT2D eigenvalue weighted by atomic mass is 79.9. The molecule has 2 aromatic rings. The molecule has 1 N–H and O–H groups in total. The molecule has 3 rings (SSSR count). The molecule has 0 aromatic heterocycles. The predicted octanol–water partition coefficient (Wildman–Crippen LogP) is 3.07. The number of carbonyl (C=O) groups excluding carboxylic acids is 1. The van der Waals surface area contributed by atoms with Crippen LogP contribution < -0.4 is 14.8 Å². The third kappa shape index (κ3) is 4.70. The number of likely N-dealkylation sites (N-methyl/N-ethyl adjacent to an activating group) is 1. The number of ether oxygens (including phenoxy) is 2. The van der Waals surface area contributed by atoms with Crippen molar-refractivity contribution in [3.63, 3.8) is 0 Å². The highest BCUT2D eigenvalue weighted by Crippen LogP contribution is 2.32. The molecule has 1 aliphatic heterocycles. The Morgan fingerprint density at radius 2 is 1.96 bits per heavy atom. The first-order valence-corrected chi connectivity index (χ1v) is 8.58. The van der Waals surface area contributed by atoms with E-state index in [-0.39, 0.29) is 25.1 Å². The van der Waals surface area contributed by atoms with Crippen molar-refractivity contribution in [3.8, 4) is 11.5 Å². The van der Waals surface area contributed by atoms with E-state index in [2.05, 4.69) is 21.2 Å². The van der Waals surface area contributed by atoms with E-state index in [0.717, 1.165) is 16.9 Å². The second-order valence-corrected chi connectivity index (χ2v) is 6.74. The van der Waals surface area contributed by atoms with Crippen LogP contribution in [0.25, 0.3) is 0 Å². The number of rotatable bonds is 6. The third-order valence-electron chi connectivity index (χ3n) is 3.78. The van der Waals surface area contributed by atoms with Gasteiger partial charge in [0.1, 0.15) is 5.82 Å². The summed E-state index contributed by atoms with van der Waals surface area (Å²) in [4.78, 5) is 13.9. The van der Waals surface area contributed by atoms with Gasteiger partial charge in [-0.15, -0.1) is 0 Å². The topological polar surface area (TPSA) is 50.8 Å². The molecule has 0 saturated heterocycles. The first-order chi connectivity index (χ1) is 12.0. The Bertz CT molecular complexity index is 785. The Morgan fingerprint density at radius 3 is 2.76 bits per heavy atom. The van der Waals surface area contributed by atoms with Gasteiger partial charge in [-0.1, -0.05) is 12.1 Å². The highest BCUT2D eigenvalue weighted by molar-refractivity contribution is 9.10. The number of carbonyl (C=O) groups is 1. The number of benzene rings is 2. The van der Waals surface area contributed by atoms with Gasteiger partial charge < -0.3 is 14.8 Å². The standard InChI is InChI=1S/C18H18BrFN2O3/c1-22(9-13-2-4-14(19)15(20)6-13)10-18(23)21-8-12-3-5-16-17(7-12)25-11-24-16/h2-7H,8-11H2,1H3,(H,21,23). The second kappa shape index (κ2) is 7.84. The van der Waals surface area contributed by atoms with Crippen LogP contribution in [0.4, 0.5) is 4.39 Å². The quantitative estimate of drug-likeness (QED) is 0.797. The molecule has 1 amide bonds. The lowest BCUT2D eigenvalue weighted by Crippen LogP contribution is -2.34. The minimum absolute atomic E-state index is 0.0993. The molecule has 0 atom stereocenters. The Hall–Kier alpha value is -2.12. The van der Waals surface area contributed by atoms with E-state index in [1.165, 1.54) is 6.07 Å². The average Bonchev–Trinajstić information content (AvgIpc) is 3.04. The fourth-order valence-corrected chi connectivity index (χ4v) is 2.80. The van der Waals surface area contributed by atoms with E-state index in [1.54, 1.807) is 6.07 Å². The van der Waals surface area contributed by atoms with Gasteiger partial charge in [0.05, 0.1) is 11.0 Å². The maximum absolute atomic E-state index is 13.5. The number of hydrogen-bond acceptors (Lipinski definition) is 4. The van der Waals surface area contributed by atoms with Crippen molar-refractivity contribution >= 4 is 21.8 Å². The Kier molecular flexibility index (Phi) is 5.55. The van der Waals surface area contributed by atoms with Crippen molar-refractivity contribution < 1.29 is 18.7 Å². The van der Waals surface area contributed by atoms with Gasteiger partial charge in [-0.3, -0.25) is 9.69 Å². The summed E-state index contributed by atoms with van der Waals surface area (Å²) in [6.07, 6.45) is 0. The first-order valence-electron chi connectivity index (χ1n) is 7.79. The third-order valence-corrected chi connectivity index (χ3v) is 4.42. The SMILES string of the molecule is CN(CC(=O)NCc1ccc2c(c1)OCO2)Cc1ccc(Br)c(F)c1. The summed E-state index contributed by atoms with van der Waals surface area (Å²) in [6, 6.07) is 10.5. The summed E-state index contributed by atoms with van der Waals surface area (Å²) < 4.78 is 24.5. The molecular formula is C18H18BrFN2O3. The lowest BCUT2D eigenvalue weighted by Gasteiger charge is -2.16. The Balaban J connectivity index is 1.47. The molecule has 0 unspecified atom stereocenters. The molecule has 0 aliphatic carbocycles. The lowest BCUT2D eigenvalue weighted by molar-refractivity contribution is -0.122. The summed E-state index contributed by atoms with van der Waals surface area (Å²) in [5, 5.41) is 2.87. The van der Waals surface area contributed by atoms with Crippen LogP contribution >= 0.6 is 15.9 Å². The highest BCUT2D eigenvalue weighted by Gasteiger charge is 2.14. The zero-order chi connectivity index (χ0) is 17.8. The van der Waals surface area contributed by atoms with Gasteiger partial charge >= 0.3 is 0 Å². The summed E-state index contributed by atoms with van der Waals surface area (Å²) in [5.41, 5.74) is 1.75. The molecule has 1 heterocycles. The summed E-state index contributed by atoms with van der Waals surface area (Å²) >= 11 is 3.13. The van der Waals surface area contributed by atoms with Gasteiger partial charge in [0.15, 0.2) is 11.5 Å². The predicted molar refractivity (Wildman–Crippen MR) is 94.8 cm³/mol. The van der Waals surface area contributed by atoms with Gasteiger partial charge in [0.2, 0.25) is 12.7 Å². The average molecular weight is 409 g/mol. The number of hydrogen-bond donors (Lipinski definition) is 1. The van der Waals surface area contributed by atoms with Crippen molar-refractivity contribution in [1.82, 2.24) is 10.2 Å². The first kappa shape index (κ1) is 17.7. The molecule has 0 spiro atoms. The molecule has 0 radical (unpaired) electrons. The van der Waals surface area contributed by atoms with Crippen LogP contribution in [-0.4, -0.2) is 31.2 Å². The lowest BCUT2D eigenvalue weighted by atomic mass is 10.2. The van der Waals surface area contributed by atoms with Gasteiger partial charge in [-0.25, -0.2) is 4.39 Å². The number of amides is 1. The van der Waals surface area contributed by atoms with E-state index in [1.807, 2.05) is 36.2 Å². The van der Waals surface area contributed by atoms with E-state index in [4.69, 9.17) is 9.47 Å². The van der Waals surface area contributed by atoms with Crippen LogP contribution in [0.15, 0.2) is 40.9 Å². The minimum Gasteiger partial charge on any atom is -0.454 e. The smallest absolute Gasteiger partial charge is 0.234 e. The summed E-state index contributed by atoms with van der Waals surface area (Å²) in [6.45, 7) is 1.35. The van der Waals surface area contributed by atoms with Crippen LogP contribution in [0.5, 0.6) is 11.5 Å². The number of fused-ring (bicyclic) bond motifs is 1.